The predicted octanol–water partition coefficient (Wildman–Crippen LogP) is 0.709. The highest BCUT2D eigenvalue weighted by Crippen LogP contribution is 2.02. The van der Waals surface area contributed by atoms with Gasteiger partial charge in [0.2, 0.25) is 0 Å². The molecule has 1 amide bonds. The van der Waals surface area contributed by atoms with E-state index in [-0.39, 0.29) is 17.5 Å². The molecule has 1 N–H and O–H groups in total. The monoisotopic (exact) mass is 266 g/mol. The summed E-state index contributed by atoms with van der Waals surface area (Å²) in [4.78, 5) is 39.4. The summed E-state index contributed by atoms with van der Waals surface area (Å²) in [6.45, 7) is 3.85. The lowest BCUT2D eigenvalue weighted by atomic mass is 10.2. The van der Waals surface area contributed by atoms with Crippen molar-refractivity contribution in [2.24, 2.45) is 0 Å². The number of carbonyl (C=O) groups is 2. The molecule has 1 aromatic rings. The average molecular weight is 266 g/mol. The molecule has 0 bridgehead atoms. The normalized spacial score (nSPS) is 10.1. The Labute approximate surface area is 111 Å². The number of pyridine rings is 1. The fourth-order valence-electron chi connectivity index (χ4n) is 1.65. The molecule has 0 aliphatic heterocycles. The first-order valence-corrected chi connectivity index (χ1v) is 6.05. The largest absolute Gasteiger partial charge is 0.468 e. The topological polar surface area (TPSA) is 79.5 Å². The van der Waals surface area contributed by atoms with Crippen LogP contribution in [0.15, 0.2) is 17.1 Å². The van der Waals surface area contributed by atoms with E-state index in [1.807, 2.05) is 6.92 Å². The number of rotatable bonds is 5. The van der Waals surface area contributed by atoms with Gasteiger partial charge in [-0.25, -0.2) is 0 Å². The highest BCUT2D eigenvalue weighted by molar-refractivity contribution is 5.95. The quantitative estimate of drug-likeness (QED) is 0.796. The minimum Gasteiger partial charge on any atom is -0.468 e. The zero-order valence-corrected chi connectivity index (χ0v) is 11.4. The summed E-state index contributed by atoms with van der Waals surface area (Å²) in [6, 6.07) is 1.36. The second-order valence-electron chi connectivity index (χ2n) is 4.20. The van der Waals surface area contributed by atoms with Crippen LogP contribution >= 0.6 is 0 Å². The van der Waals surface area contributed by atoms with E-state index in [0.29, 0.717) is 18.7 Å². The maximum atomic E-state index is 12.2. The zero-order chi connectivity index (χ0) is 14.4. The Bertz CT molecular complexity index is 522. The molecule has 1 rings (SSSR count). The molecule has 0 saturated heterocycles. The van der Waals surface area contributed by atoms with Gasteiger partial charge in [-0.3, -0.25) is 14.4 Å². The van der Waals surface area contributed by atoms with Gasteiger partial charge in [-0.15, -0.1) is 0 Å². The number of hydrogen-bond acceptors (Lipinski definition) is 4. The molecule has 0 aromatic carbocycles. The van der Waals surface area contributed by atoms with E-state index >= 15 is 0 Å². The summed E-state index contributed by atoms with van der Waals surface area (Å²) in [6.07, 6.45) is 2.06. The highest BCUT2D eigenvalue weighted by Gasteiger charge is 2.20. The van der Waals surface area contributed by atoms with Crippen molar-refractivity contribution in [1.82, 2.24) is 9.88 Å². The molecule has 0 unspecified atom stereocenters. The van der Waals surface area contributed by atoms with Crippen molar-refractivity contribution in [3.8, 4) is 0 Å². The van der Waals surface area contributed by atoms with Crippen LogP contribution in [-0.2, 0) is 9.53 Å². The second-order valence-corrected chi connectivity index (χ2v) is 4.20. The maximum absolute atomic E-state index is 12.2. The van der Waals surface area contributed by atoms with E-state index in [2.05, 4.69) is 9.72 Å². The van der Waals surface area contributed by atoms with Gasteiger partial charge in [-0.05, 0) is 13.3 Å². The van der Waals surface area contributed by atoms with Crippen LogP contribution in [0.1, 0.15) is 29.4 Å². The molecule has 6 heteroatoms. The lowest BCUT2D eigenvalue weighted by Crippen LogP contribution is -2.39. The molecular weight excluding hydrogens is 248 g/mol. The molecule has 0 spiro atoms. The van der Waals surface area contributed by atoms with Crippen molar-refractivity contribution < 1.29 is 14.3 Å². The summed E-state index contributed by atoms with van der Waals surface area (Å²) >= 11 is 0. The third-order valence-electron chi connectivity index (χ3n) is 2.62. The predicted molar refractivity (Wildman–Crippen MR) is 70.0 cm³/mol. The lowest BCUT2D eigenvalue weighted by molar-refractivity contribution is -0.141. The van der Waals surface area contributed by atoms with Crippen LogP contribution in [0.4, 0.5) is 0 Å². The molecule has 0 aliphatic carbocycles. The van der Waals surface area contributed by atoms with Gasteiger partial charge in [0.25, 0.3) is 5.91 Å². The first-order chi connectivity index (χ1) is 8.99. The minimum absolute atomic E-state index is 0.0305. The zero-order valence-electron chi connectivity index (χ0n) is 11.4. The Morgan fingerprint density at radius 3 is 2.63 bits per heavy atom. The van der Waals surface area contributed by atoms with Crippen LogP contribution < -0.4 is 5.43 Å². The molecule has 0 atom stereocenters. The number of aromatic nitrogens is 1. The van der Waals surface area contributed by atoms with Gasteiger partial charge in [-0.1, -0.05) is 6.92 Å². The van der Waals surface area contributed by atoms with Gasteiger partial charge in [0.1, 0.15) is 12.1 Å². The van der Waals surface area contributed by atoms with E-state index < -0.39 is 11.9 Å². The first-order valence-electron chi connectivity index (χ1n) is 6.05. The molecular formula is C13H18N2O4. The van der Waals surface area contributed by atoms with Crippen molar-refractivity contribution in [3.05, 3.63) is 33.7 Å². The molecule has 0 fully saturated rings. The van der Waals surface area contributed by atoms with Crippen molar-refractivity contribution in [2.45, 2.75) is 20.3 Å². The molecule has 104 valence electrons. The lowest BCUT2D eigenvalue weighted by Gasteiger charge is -2.20. The van der Waals surface area contributed by atoms with Crippen LogP contribution in [0.25, 0.3) is 0 Å². The van der Waals surface area contributed by atoms with Gasteiger partial charge in [-0.2, -0.15) is 0 Å². The first kappa shape index (κ1) is 14.9. The van der Waals surface area contributed by atoms with Gasteiger partial charge >= 0.3 is 5.97 Å². The highest BCUT2D eigenvalue weighted by atomic mass is 16.5. The number of H-pyrrole nitrogens is 1. The van der Waals surface area contributed by atoms with Gasteiger partial charge in [0, 0.05) is 24.5 Å². The number of methoxy groups -OCH3 is 1. The Morgan fingerprint density at radius 2 is 2.11 bits per heavy atom. The van der Waals surface area contributed by atoms with Gasteiger partial charge in [0.15, 0.2) is 5.43 Å². The number of hydrogen-bond donors (Lipinski definition) is 1. The summed E-state index contributed by atoms with van der Waals surface area (Å²) in [5, 5.41) is 0. The summed E-state index contributed by atoms with van der Waals surface area (Å²) in [5.74, 6) is -0.973. The van der Waals surface area contributed by atoms with Crippen LogP contribution in [-0.4, -0.2) is 42.0 Å². The van der Waals surface area contributed by atoms with Crippen molar-refractivity contribution in [1.29, 1.82) is 0 Å². The number of amides is 1. The minimum atomic E-state index is -0.509. The van der Waals surface area contributed by atoms with E-state index in [1.54, 1.807) is 6.92 Å². The van der Waals surface area contributed by atoms with E-state index in [9.17, 15) is 14.4 Å². The van der Waals surface area contributed by atoms with Crippen LogP contribution in [0.2, 0.25) is 0 Å². The van der Waals surface area contributed by atoms with E-state index in [1.165, 1.54) is 24.3 Å². The Hall–Kier alpha value is -2.11. The molecule has 6 nitrogen and oxygen atoms in total. The van der Waals surface area contributed by atoms with Crippen molar-refractivity contribution >= 4 is 11.9 Å². The summed E-state index contributed by atoms with van der Waals surface area (Å²) in [5.41, 5.74) is 0.353. The average Bonchev–Trinajstić information content (AvgIpc) is 2.37. The van der Waals surface area contributed by atoms with Gasteiger partial charge < -0.3 is 14.6 Å². The van der Waals surface area contributed by atoms with Crippen LogP contribution in [0.3, 0.4) is 0 Å². The maximum Gasteiger partial charge on any atom is 0.325 e. The fourth-order valence-corrected chi connectivity index (χ4v) is 1.65. The Morgan fingerprint density at radius 1 is 1.42 bits per heavy atom. The molecule has 19 heavy (non-hydrogen) atoms. The third-order valence-corrected chi connectivity index (χ3v) is 2.62. The number of nitrogens with one attached hydrogen (secondary N) is 1. The molecule has 1 aromatic heterocycles. The number of aromatic amines is 1. The smallest absolute Gasteiger partial charge is 0.325 e. The second kappa shape index (κ2) is 6.72. The number of ether oxygens (including phenoxy) is 1. The van der Waals surface area contributed by atoms with E-state index in [4.69, 9.17) is 0 Å². The Kier molecular flexibility index (Phi) is 5.29. The van der Waals surface area contributed by atoms with E-state index in [0.717, 1.165) is 0 Å². The SMILES string of the molecule is CCCN(CC(=O)OC)C(=O)c1c[nH]c(C)cc1=O. The molecule has 0 radical (unpaired) electrons. The molecule has 1 heterocycles. The standard InChI is InChI=1S/C13H18N2O4/c1-4-5-15(8-12(17)19-3)13(18)10-7-14-9(2)6-11(10)16/h6-7H,4-5,8H2,1-3H3,(H,14,16). The van der Waals surface area contributed by atoms with Crippen LogP contribution in [0, 0.1) is 6.92 Å². The fraction of sp³-hybridized carbons (Fsp3) is 0.462. The third kappa shape index (κ3) is 3.94. The van der Waals surface area contributed by atoms with Crippen molar-refractivity contribution in [3.63, 3.8) is 0 Å². The number of esters is 1. The summed E-state index contributed by atoms with van der Waals surface area (Å²) < 4.78 is 4.54. The molecule has 0 aliphatic rings. The number of carbonyl (C=O) groups excluding carboxylic acids is 2. The van der Waals surface area contributed by atoms with Gasteiger partial charge in [0.05, 0.1) is 7.11 Å². The molecule has 0 saturated carbocycles. The summed E-state index contributed by atoms with van der Waals surface area (Å²) in [7, 11) is 1.26. The Balaban J connectivity index is 2.98. The number of nitrogens with zero attached hydrogens (tertiary/aromatic N) is 1. The van der Waals surface area contributed by atoms with Crippen molar-refractivity contribution in [2.75, 3.05) is 20.2 Å². The number of aryl methyl sites for hydroxylation is 1. The van der Waals surface area contributed by atoms with Crippen LogP contribution in [0.5, 0.6) is 0 Å².